The lowest BCUT2D eigenvalue weighted by molar-refractivity contribution is -0.384. The summed E-state index contributed by atoms with van der Waals surface area (Å²) in [5, 5.41) is 17.7. The van der Waals surface area contributed by atoms with Crippen molar-refractivity contribution in [3.8, 4) is 11.5 Å². The van der Waals surface area contributed by atoms with Crippen LogP contribution in [0.5, 0.6) is 11.5 Å². The second kappa shape index (κ2) is 13.6. The van der Waals surface area contributed by atoms with Crippen LogP contribution in [0.15, 0.2) is 60.7 Å². The number of aryl methyl sites for hydroxylation is 1. The van der Waals surface area contributed by atoms with E-state index in [2.05, 4.69) is 41.8 Å². The van der Waals surface area contributed by atoms with E-state index in [1.165, 1.54) is 17.7 Å². The van der Waals surface area contributed by atoms with E-state index >= 15 is 0 Å². The number of non-ortho nitro benzene ring substituents is 1. The molecule has 0 atom stereocenters. The molecule has 0 aromatic heterocycles. The fraction of sp³-hybridized carbons (Fsp3) is 0.280. The van der Waals surface area contributed by atoms with E-state index in [4.69, 9.17) is 21.1 Å². The van der Waals surface area contributed by atoms with Gasteiger partial charge in [0.25, 0.3) is 5.69 Å². The van der Waals surface area contributed by atoms with E-state index in [9.17, 15) is 10.1 Å². The molecule has 3 aromatic rings. The minimum Gasteiger partial charge on any atom is -0.490 e. The highest BCUT2D eigenvalue weighted by Gasteiger charge is 2.12. The average molecular weight is 506 g/mol. The van der Waals surface area contributed by atoms with Crippen LogP contribution in [0.4, 0.5) is 11.4 Å². The Hall–Kier alpha value is -3.00. The fourth-order valence-electron chi connectivity index (χ4n) is 3.24. The lowest BCUT2D eigenvalue weighted by Gasteiger charge is -2.17. The van der Waals surface area contributed by atoms with Crippen LogP contribution in [0.3, 0.4) is 0 Å². The molecule has 0 amide bonds. The van der Waals surface area contributed by atoms with Crippen LogP contribution in [-0.2, 0) is 13.2 Å². The highest BCUT2D eigenvalue weighted by molar-refractivity contribution is 6.33. The standard InChI is InChI=1S/C25H28ClN3O4.ClH/c1-3-32-24-6-4-5-20(25(24)33-17-19-9-7-18(2)8-10-19)16-27-13-14-28-23-12-11-21(29(30)31)15-22(23)26;/h4-12,15,27-28H,3,13-14,16-17H2,1-2H3;1H. The van der Waals surface area contributed by atoms with Crippen molar-refractivity contribution in [1.29, 1.82) is 0 Å². The van der Waals surface area contributed by atoms with Crippen molar-refractivity contribution < 1.29 is 14.4 Å². The van der Waals surface area contributed by atoms with Gasteiger partial charge in [0, 0.05) is 37.3 Å². The number of hydrogen-bond acceptors (Lipinski definition) is 6. The van der Waals surface area contributed by atoms with Crippen molar-refractivity contribution in [3.05, 3.63) is 92.5 Å². The maximum absolute atomic E-state index is 10.8. The van der Waals surface area contributed by atoms with E-state index in [0.29, 0.717) is 43.6 Å². The Kier molecular flexibility index (Phi) is 10.9. The molecule has 0 unspecified atom stereocenters. The van der Waals surface area contributed by atoms with Crippen molar-refractivity contribution in [2.24, 2.45) is 0 Å². The van der Waals surface area contributed by atoms with Crippen LogP contribution in [0.2, 0.25) is 5.02 Å². The maximum atomic E-state index is 10.8. The van der Waals surface area contributed by atoms with E-state index in [1.807, 2.05) is 25.1 Å². The number of nitrogens with one attached hydrogen (secondary N) is 2. The number of anilines is 1. The van der Waals surface area contributed by atoms with Crippen molar-refractivity contribution in [1.82, 2.24) is 5.32 Å². The van der Waals surface area contributed by atoms with Gasteiger partial charge >= 0.3 is 0 Å². The zero-order chi connectivity index (χ0) is 23.6. The number of nitro groups is 1. The van der Waals surface area contributed by atoms with Gasteiger partial charge in [0.15, 0.2) is 11.5 Å². The van der Waals surface area contributed by atoms with Gasteiger partial charge in [0.05, 0.1) is 22.2 Å². The molecule has 0 radical (unpaired) electrons. The van der Waals surface area contributed by atoms with Crippen molar-refractivity contribution in [2.45, 2.75) is 27.0 Å². The number of nitrogens with zero attached hydrogens (tertiary/aromatic N) is 1. The number of hydrogen-bond donors (Lipinski definition) is 2. The molecule has 0 heterocycles. The predicted octanol–water partition coefficient (Wildman–Crippen LogP) is 6.16. The first-order valence-corrected chi connectivity index (χ1v) is 11.2. The number of ether oxygens (including phenoxy) is 2. The molecule has 0 bridgehead atoms. The highest BCUT2D eigenvalue weighted by atomic mass is 35.5. The first kappa shape index (κ1) is 27.2. The first-order valence-electron chi connectivity index (χ1n) is 10.8. The zero-order valence-corrected chi connectivity index (χ0v) is 20.7. The minimum absolute atomic E-state index is 0. The second-order valence-electron chi connectivity index (χ2n) is 7.48. The number of halogens is 2. The molecular weight excluding hydrogens is 477 g/mol. The normalized spacial score (nSPS) is 10.3. The monoisotopic (exact) mass is 505 g/mol. The second-order valence-corrected chi connectivity index (χ2v) is 7.88. The molecule has 9 heteroatoms. The summed E-state index contributed by atoms with van der Waals surface area (Å²) in [6.45, 7) is 6.87. The van der Waals surface area contributed by atoms with Crippen molar-refractivity contribution in [2.75, 3.05) is 25.0 Å². The molecule has 0 aliphatic rings. The largest absolute Gasteiger partial charge is 0.490 e. The van der Waals surface area contributed by atoms with E-state index < -0.39 is 4.92 Å². The minimum atomic E-state index is -0.466. The summed E-state index contributed by atoms with van der Waals surface area (Å²) in [5.74, 6) is 1.46. The summed E-state index contributed by atoms with van der Waals surface area (Å²) in [5.41, 5.74) is 3.93. The summed E-state index contributed by atoms with van der Waals surface area (Å²) in [4.78, 5) is 10.4. The Balaban J connectivity index is 0.00000408. The van der Waals surface area contributed by atoms with Gasteiger partial charge in [0.1, 0.15) is 6.61 Å². The molecule has 0 aliphatic heterocycles. The van der Waals surface area contributed by atoms with Gasteiger partial charge in [-0.1, -0.05) is 53.6 Å². The van der Waals surface area contributed by atoms with Gasteiger partial charge < -0.3 is 20.1 Å². The van der Waals surface area contributed by atoms with Crippen molar-refractivity contribution >= 4 is 35.4 Å². The van der Waals surface area contributed by atoms with Crippen LogP contribution < -0.4 is 20.1 Å². The molecule has 34 heavy (non-hydrogen) atoms. The lowest BCUT2D eigenvalue weighted by atomic mass is 10.1. The SMILES string of the molecule is CCOc1cccc(CNCCNc2ccc([N+](=O)[O-])cc2Cl)c1OCc1ccc(C)cc1.Cl. The Morgan fingerprint density at radius 2 is 1.79 bits per heavy atom. The van der Waals surface area contributed by atoms with Crippen LogP contribution in [-0.4, -0.2) is 24.6 Å². The molecule has 7 nitrogen and oxygen atoms in total. The van der Waals surface area contributed by atoms with Gasteiger partial charge in [-0.3, -0.25) is 10.1 Å². The third kappa shape index (κ3) is 7.80. The summed E-state index contributed by atoms with van der Waals surface area (Å²) in [7, 11) is 0. The third-order valence-electron chi connectivity index (χ3n) is 4.96. The molecule has 182 valence electrons. The number of benzene rings is 3. The smallest absolute Gasteiger partial charge is 0.271 e. The highest BCUT2D eigenvalue weighted by Crippen LogP contribution is 2.32. The summed E-state index contributed by atoms with van der Waals surface area (Å²) < 4.78 is 11.9. The Bertz CT molecular complexity index is 1080. The zero-order valence-electron chi connectivity index (χ0n) is 19.2. The van der Waals surface area contributed by atoms with Crippen LogP contribution in [0, 0.1) is 17.0 Å². The molecule has 0 saturated carbocycles. The number of para-hydroxylation sites is 1. The molecule has 0 aliphatic carbocycles. The van der Waals surface area contributed by atoms with Gasteiger partial charge in [-0.25, -0.2) is 0 Å². The van der Waals surface area contributed by atoms with Crippen LogP contribution >= 0.6 is 24.0 Å². The van der Waals surface area contributed by atoms with E-state index in [0.717, 1.165) is 22.6 Å². The summed E-state index contributed by atoms with van der Waals surface area (Å²) in [6, 6.07) is 18.5. The average Bonchev–Trinajstić information content (AvgIpc) is 2.80. The van der Waals surface area contributed by atoms with Crippen LogP contribution in [0.1, 0.15) is 23.6 Å². The Labute approximate surface area is 211 Å². The van der Waals surface area contributed by atoms with Gasteiger partial charge in [-0.15, -0.1) is 12.4 Å². The molecule has 0 saturated heterocycles. The quantitative estimate of drug-likeness (QED) is 0.174. The first-order chi connectivity index (χ1) is 16.0. The van der Waals surface area contributed by atoms with Gasteiger partial charge in [0.2, 0.25) is 0 Å². The lowest BCUT2D eigenvalue weighted by Crippen LogP contribution is -2.22. The van der Waals surface area contributed by atoms with Gasteiger partial charge in [-0.05, 0) is 31.5 Å². The Morgan fingerprint density at radius 1 is 1.03 bits per heavy atom. The topological polar surface area (TPSA) is 85.7 Å². The summed E-state index contributed by atoms with van der Waals surface area (Å²) in [6.07, 6.45) is 0. The Morgan fingerprint density at radius 3 is 2.47 bits per heavy atom. The molecule has 0 spiro atoms. The van der Waals surface area contributed by atoms with Gasteiger partial charge in [-0.2, -0.15) is 0 Å². The van der Waals surface area contributed by atoms with Crippen molar-refractivity contribution in [3.63, 3.8) is 0 Å². The molecule has 3 rings (SSSR count). The molecule has 0 fully saturated rings. The van der Waals surface area contributed by atoms with E-state index in [-0.39, 0.29) is 18.1 Å². The fourth-order valence-corrected chi connectivity index (χ4v) is 3.48. The summed E-state index contributed by atoms with van der Waals surface area (Å²) >= 11 is 6.13. The van der Waals surface area contributed by atoms with Crippen LogP contribution in [0.25, 0.3) is 0 Å². The predicted molar refractivity (Wildman–Crippen MR) is 139 cm³/mol. The molecule has 2 N–H and O–H groups in total. The molecular formula is C25H29Cl2N3O4. The number of nitro benzene ring substituents is 1. The third-order valence-corrected chi connectivity index (χ3v) is 5.27. The number of rotatable bonds is 12. The van der Waals surface area contributed by atoms with E-state index in [1.54, 1.807) is 6.07 Å². The molecule has 3 aromatic carbocycles. The maximum Gasteiger partial charge on any atom is 0.271 e.